The summed E-state index contributed by atoms with van der Waals surface area (Å²) in [6.45, 7) is 9.04. The summed E-state index contributed by atoms with van der Waals surface area (Å²) >= 11 is 0. The Balaban J connectivity index is 0.00000306. The Morgan fingerprint density at radius 3 is 2.64 bits per heavy atom. The number of carbonyl (C=O) groups excluding carboxylic acids is 1. The number of halogens is 1. The third-order valence-corrected chi connectivity index (χ3v) is 5.85. The van der Waals surface area contributed by atoms with Gasteiger partial charge in [-0.1, -0.05) is 18.2 Å². The van der Waals surface area contributed by atoms with Gasteiger partial charge in [0.2, 0.25) is 11.9 Å². The van der Waals surface area contributed by atoms with Crippen LogP contribution in [-0.2, 0) is 4.79 Å². The lowest BCUT2D eigenvalue weighted by Gasteiger charge is -2.34. The van der Waals surface area contributed by atoms with E-state index in [9.17, 15) is 4.79 Å². The Bertz CT molecular complexity index is 918. The van der Waals surface area contributed by atoms with Crippen molar-refractivity contribution in [3.05, 3.63) is 48.3 Å². The lowest BCUT2D eigenvalue weighted by molar-refractivity contribution is -0.116. The second-order valence-electron chi connectivity index (χ2n) is 8.06. The molecule has 1 amide bonds. The highest BCUT2D eigenvalue weighted by molar-refractivity contribution is 14.0. The monoisotopic (exact) mass is 564 g/mol. The molecular weight excluding hydrogens is 531 g/mol. The number of aliphatic imine (C=N–C) groups is 1. The molecule has 10 heteroatoms. The van der Waals surface area contributed by atoms with Crippen molar-refractivity contribution in [1.29, 1.82) is 0 Å². The molecule has 0 spiro atoms. The van der Waals surface area contributed by atoms with Crippen LogP contribution in [0.1, 0.15) is 24.8 Å². The first kappa shape index (κ1) is 25.2. The molecule has 0 saturated carbocycles. The predicted octanol–water partition coefficient (Wildman–Crippen LogP) is 1.90. The predicted molar refractivity (Wildman–Crippen MR) is 143 cm³/mol. The van der Waals surface area contributed by atoms with E-state index in [1.165, 1.54) is 0 Å². The second kappa shape index (κ2) is 12.7. The van der Waals surface area contributed by atoms with Crippen molar-refractivity contribution in [3.63, 3.8) is 0 Å². The van der Waals surface area contributed by atoms with Crippen LogP contribution in [0.4, 0.5) is 11.6 Å². The summed E-state index contributed by atoms with van der Waals surface area (Å²) in [4.78, 5) is 30.2. The maximum absolute atomic E-state index is 12.1. The smallest absolute Gasteiger partial charge is 0.225 e. The molecule has 3 heterocycles. The van der Waals surface area contributed by atoms with Crippen molar-refractivity contribution < 1.29 is 4.79 Å². The van der Waals surface area contributed by atoms with Gasteiger partial charge in [-0.15, -0.1) is 24.0 Å². The number of para-hydroxylation sites is 1. The van der Waals surface area contributed by atoms with Gasteiger partial charge in [-0.2, -0.15) is 0 Å². The fourth-order valence-corrected chi connectivity index (χ4v) is 4.17. The molecule has 9 nitrogen and oxygen atoms in total. The Morgan fingerprint density at radius 1 is 1.12 bits per heavy atom. The number of rotatable bonds is 7. The van der Waals surface area contributed by atoms with E-state index in [0.717, 1.165) is 69.0 Å². The number of piperazine rings is 1. The van der Waals surface area contributed by atoms with Gasteiger partial charge in [0.25, 0.3) is 0 Å². The first-order valence-electron chi connectivity index (χ1n) is 11.4. The van der Waals surface area contributed by atoms with E-state index in [1.807, 2.05) is 24.3 Å². The van der Waals surface area contributed by atoms with Crippen LogP contribution >= 0.6 is 24.0 Å². The van der Waals surface area contributed by atoms with E-state index in [4.69, 9.17) is 4.99 Å². The van der Waals surface area contributed by atoms with E-state index in [0.29, 0.717) is 13.0 Å². The minimum Gasteiger partial charge on any atom is -0.357 e. The number of hydrogen-bond donors (Lipinski definition) is 3. The Morgan fingerprint density at radius 2 is 1.88 bits per heavy atom. The number of fused-ring (bicyclic) bond motifs is 1. The standard InChI is InChI=1S/C23H32N8O.HI/c1-2-24-22(28-17-18-16-21(32)29-20-7-4-3-6-19(18)20)25-10-11-30-12-14-31(15-13-30)23-26-8-5-9-27-23;/h3-9,18H,2,10-17H2,1H3,(H,29,32)(H2,24,25,28);1H. The molecule has 3 N–H and O–H groups in total. The first-order chi connectivity index (χ1) is 15.7. The highest BCUT2D eigenvalue weighted by Gasteiger charge is 2.24. The van der Waals surface area contributed by atoms with Crippen molar-refractivity contribution >= 4 is 47.5 Å². The van der Waals surface area contributed by atoms with E-state index in [2.05, 4.69) is 48.7 Å². The van der Waals surface area contributed by atoms with Gasteiger partial charge < -0.3 is 20.9 Å². The molecule has 1 fully saturated rings. The van der Waals surface area contributed by atoms with Crippen LogP contribution in [0.2, 0.25) is 0 Å². The van der Waals surface area contributed by atoms with Crippen molar-refractivity contribution in [1.82, 2.24) is 25.5 Å². The van der Waals surface area contributed by atoms with E-state index in [-0.39, 0.29) is 35.8 Å². The summed E-state index contributed by atoms with van der Waals surface area (Å²) in [5.74, 6) is 1.77. The zero-order valence-corrected chi connectivity index (χ0v) is 21.4. The molecule has 0 radical (unpaired) electrons. The molecule has 0 aliphatic carbocycles. The number of amides is 1. The molecule has 2 aromatic rings. The van der Waals surface area contributed by atoms with Crippen molar-refractivity contribution in [2.24, 2.45) is 4.99 Å². The normalized spacial score (nSPS) is 18.7. The second-order valence-corrected chi connectivity index (χ2v) is 8.06. The van der Waals surface area contributed by atoms with Crippen LogP contribution in [0.5, 0.6) is 0 Å². The van der Waals surface area contributed by atoms with Crippen LogP contribution in [-0.4, -0.2) is 79.1 Å². The summed E-state index contributed by atoms with van der Waals surface area (Å²) in [5.41, 5.74) is 2.06. The number of aromatic nitrogens is 2. The molecule has 33 heavy (non-hydrogen) atoms. The van der Waals surface area contributed by atoms with Gasteiger partial charge in [-0.3, -0.25) is 14.7 Å². The van der Waals surface area contributed by atoms with Crippen molar-refractivity contribution in [2.75, 3.05) is 62.6 Å². The zero-order valence-electron chi connectivity index (χ0n) is 19.0. The molecule has 4 rings (SSSR count). The van der Waals surface area contributed by atoms with Gasteiger partial charge in [0.15, 0.2) is 5.96 Å². The summed E-state index contributed by atoms with van der Waals surface area (Å²) < 4.78 is 0. The number of nitrogens with one attached hydrogen (secondary N) is 3. The van der Waals surface area contributed by atoms with Crippen LogP contribution in [0.15, 0.2) is 47.7 Å². The third kappa shape index (κ3) is 7.00. The molecule has 2 aliphatic heterocycles. The fourth-order valence-electron chi connectivity index (χ4n) is 4.17. The maximum atomic E-state index is 12.1. The van der Waals surface area contributed by atoms with Crippen molar-refractivity contribution in [3.8, 4) is 0 Å². The van der Waals surface area contributed by atoms with Gasteiger partial charge >= 0.3 is 0 Å². The van der Waals surface area contributed by atoms with E-state index in [1.54, 1.807) is 12.4 Å². The summed E-state index contributed by atoms with van der Waals surface area (Å²) in [5, 5.41) is 9.71. The largest absolute Gasteiger partial charge is 0.357 e. The average Bonchev–Trinajstić information content (AvgIpc) is 2.83. The summed E-state index contributed by atoms with van der Waals surface area (Å²) in [7, 11) is 0. The van der Waals surface area contributed by atoms with Gasteiger partial charge in [-0.05, 0) is 24.6 Å². The minimum atomic E-state index is 0. The Hall–Kier alpha value is -2.47. The molecule has 1 atom stereocenters. The number of benzene rings is 1. The van der Waals surface area contributed by atoms with Gasteiger partial charge in [0, 0.05) is 76.2 Å². The molecule has 1 saturated heterocycles. The molecule has 1 aromatic carbocycles. The lowest BCUT2D eigenvalue weighted by atomic mass is 9.91. The quantitative estimate of drug-likeness (QED) is 0.269. The molecule has 1 aromatic heterocycles. The fraction of sp³-hybridized carbons (Fsp3) is 0.478. The molecule has 2 aliphatic rings. The van der Waals surface area contributed by atoms with Crippen molar-refractivity contribution in [2.45, 2.75) is 19.3 Å². The molecule has 1 unspecified atom stereocenters. The Kier molecular flexibility index (Phi) is 9.67. The molecule has 178 valence electrons. The van der Waals surface area contributed by atoms with E-state index >= 15 is 0 Å². The number of anilines is 2. The van der Waals surface area contributed by atoms with Gasteiger partial charge in [-0.25, -0.2) is 9.97 Å². The third-order valence-electron chi connectivity index (χ3n) is 5.85. The van der Waals surface area contributed by atoms with Crippen LogP contribution in [0.25, 0.3) is 0 Å². The topological polar surface area (TPSA) is 97.8 Å². The molecular formula is C23H33IN8O. The Labute approximate surface area is 212 Å². The number of guanidine groups is 1. The first-order valence-corrected chi connectivity index (χ1v) is 11.4. The SMILES string of the molecule is CCNC(=NCC1CC(=O)Nc2ccccc21)NCCN1CCN(c2ncccn2)CC1.I. The molecule has 0 bridgehead atoms. The summed E-state index contributed by atoms with van der Waals surface area (Å²) in [6.07, 6.45) is 4.05. The zero-order chi connectivity index (χ0) is 22.2. The number of carbonyl (C=O) groups is 1. The van der Waals surface area contributed by atoms with Crippen LogP contribution in [0.3, 0.4) is 0 Å². The lowest BCUT2D eigenvalue weighted by Crippen LogP contribution is -2.49. The maximum Gasteiger partial charge on any atom is 0.225 e. The van der Waals surface area contributed by atoms with Crippen LogP contribution < -0.4 is 20.9 Å². The van der Waals surface area contributed by atoms with Gasteiger partial charge in [0.05, 0.1) is 6.54 Å². The summed E-state index contributed by atoms with van der Waals surface area (Å²) in [6, 6.07) is 9.84. The number of hydrogen-bond acceptors (Lipinski definition) is 6. The number of nitrogens with zero attached hydrogens (tertiary/aromatic N) is 5. The van der Waals surface area contributed by atoms with Crippen LogP contribution in [0, 0.1) is 0 Å². The highest BCUT2D eigenvalue weighted by atomic mass is 127. The van der Waals surface area contributed by atoms with Gasteiger partial charge in [0.1, 0.15) is 0 Å². The van der Waals surface area contributed by atoms with E-state index < -0.39 is 0 Å². The highest BCUT2D eigenvalue weighted by Crippen LogP contribution is 2.31. The minimum absolute atomic E-state index is 0. The average molecular weight is 564 g/mol.